The summed E-state index contributed by atoms with van der Waals surface area (Å²) in [5.74, 6) is 0. The van der Waals surface area contributed by atoms with Crippen LogP contribution in [0.1, 0.15) is 56.7 Å². The molecule has 22 heavy (non-hydrogen) atoms. The molecule has 0 fully saturated rings. The zero-order chi connectivity index (χ0) is 13.5. The Morgan fingerprint density at radius 3 is 2.14 bits per heavy atom. The molecule has 122 valence electrons. The van der Waals surface area contributed by atoms with Crippen LogP contribution in [0.4, 0.5) is 0 Å². The van der Waals surface area contributed by atoms with Gasteiger partial charge < -0.3 is 14.9 Å². The second kappa shape index (κ2) is 8.52. The Bertz CT molecular complexity index is 587. The second-order valence-electron chi connectivity index (χ2n) is 6.38. The Morgan fingerprint density at radius 2 is 1.59 bits per heavy atom. The first-order valence-corrected chi connectivity index (χ1v) is 7.91. The molecule has 1 heteroatoms. The van der Waals surface area contributed by atoms with Gasteiger partial charge in [-0.15, -0.1) is 34.5 Å². The number of hydrogen-bond acceptors (Lipinski definition) is 0. The second-order valence-corrected chi connectivity index (χ2v) is 6.38. The monoisotopic (exact) mass is 463 g/mol. The van der Waals surface area contributed by atoms with E-state index in [1.54, 1.807) is 16.7 Å². The van der Waals surface area contributed by atoms with E-state index in [-0.39, 0.29) is 40.7 Å². The molecule has 0 aromatic heterocycles. The summed E-state index contributed by atoms with van der Waals surface area (Å²) in [4.78, 5) is 0. The molecule has 0 radical (unpaired) electrons. The van der Waals surface area contributed by atoms with Crippen molar-refractivity contribution in [3.05, 3.63) is 55.8 Å². The summed E-state index contributed by atoms with van der Waals surface area (Å²) in [5.41, 5.74) is 5.34. The van der Waals surface area contributed by atoms with Crippen molar-refractivity contribution in [2.45, 2.75) is 59.3 Å². The van der Waals surface area contributed by atoms with Crippen molar-refractivity contribution >= 4 is 10.8 Å². The minimum Gasteiger partial charge on any atom is -0.358 e. The van der Waals surface area contributed by atoms with Crippen LogP contribution in [-0.2, 0) is 45.1 Å². The van der Waals surface area contributed by atoms with Crippen LogP contribution in [-0.4, -0.2) is 0 Å². The predicted octanol–water partition coefficient (Wildman–Crippen LogP) is 6.31. The van der Waals surface area contributed by atoms with E-state index >= 15 is 0 Å². The van der Waals surface area contributed by atoms with Crippen molar-refractivity contribution in [3.8, 4) is 0 Å². The molecule has 0 aliphatic heterocycles. The van der Waals surface area contributed by atoms with Crippen LogP contribution in [0.2, 0.25) is 0 Å². The molecule has 0 saturated heterocycles. The van der Waals surface area contributed by atoms with E-state index in [0.717, 1.165) is 0 Å². The summed E-state index contributed by atoms with van der Waals surface area (Å²) in [6.07, 6.45) is 7.66. The Balaban J connectivity index is 0.00000147. The van der Waals surface area contributed by atoms with Crippen molar-refractivity contribution in [1.29, 1.82) is 0 Å². The average Bonchev–Trinajstić information content (AvgIpc) is 2.98. The largest absolute Gasteiger partial charge is 0.358 e. The van der Waals surface area contributed by atoms with E-state index in [4.69, 9.17) is 0 Å². The van der Waals surface area contributed by atoms with Gasteiger partial charge in [-0.1, -0.05) is 44.7 Å². The van der Waals surface area contributed by atoms with Gasteiger partial charge in [-0.25, -0.2) is 0 Å². The van der Waals surface area contributed by atoms with Gasteiger partial charge in [-0.3, -0.25) is 0 Å². The van der Waals surface area contributed by atoms with Gasteiger partial charge in [0.25, 0.3) is 0 Å². The zero-order valence-corrected chi connectivity index (χ0v) is 18.6. The Labute approximate surface area is 156 Å². The minimum absolute atomic E-state index is 0. The van der Waals surface area contributed by atoms with Crippen LogP contribution in [0.15, 0.2) is 24.3 Å². The van der Waals surface area contributed by atoms with Gasteiger partial charge in [0, 0.05) is 25.8 Å². The first kappa shape index (κ1) is 21.7. The van der Waals surface area contributed by atoms with Crippen LogP contribution < -0.4 is 0 Å². The van der Waals surface area contributed by atoms with E-state index in [1.165, 1.54) is 49.3 Å². The van der Waals surface area contributed by atoms with Gasteiger partial charge >= 0.3 is 0 Å². The van der Waals surface area contributed by atoms with Crippen LogP contribution in [0.25, 0.3) is 10.8 Å². The molecule has 0 unspecified atom stereocenters. The molecule has 0 saturated carbocycles. The number of benzene rings is 1. The van der Waals surface area contributed by atoms with Crippen molar-refractivity contribution in [3.63, 3.8) is 0 Å². The fraction of sp³-hybridized carbons (Fsp3) is 0.476. The van der Waals surface area contributed by atoms with Crippen LogP contribution in [0, 0.1) is 20.3 Å². The molecule has 2 aromatic carbocycles. The molecule has 2 aromatic rings. The number of fused-ring (bicyclic) bond motifs is 2. The standard InChI is InChI=1S/C19H25.2CH3.Hf/c1-4-7-14-8-9-15-10-16-12-19(5-2,6-3)13-17(16)11-18(14)15;;;/h8-11H,4-7,12-13H2,1-3H3;2*1H3;/q3*-1;. The quantitative estimate of drug-likeness (QED) is 0.369. The average molecular weight is 462 g/mol. The Kier molecular flexibility index (Phi) is 8.41. The molecule has 0 heterocycles. The van der Waals surface area contributed by atoms with Gasteiger partial charge in [0.1, 0.15) is 0 Å². The first-order chi connectivity index (χ1) is 9.21. The molecule has 0 amide bonds. The molecule has 0 atom stereocenters. The van der Waals surface area contributed by atoms with Crippen molar-refractivity contribution in [2.75, 3.05) is 0 Å². The van der Waals surface area contributed by atoms with E-state index < -0.39 is 0 Å². The molecular weight excluding hydrogens is 431 g/mol. The molecular formula is C21H31Hf-3. The van der Waals surface area contributed by atoms with Gasteiger partial charge in [-0.2, -0.15) is 6.07 Å². The van der Waals surface area contributed by atoms with Crippen molar-refractivity contribution in [2.24, 2.45) is 5.41 Å². The third-order valence-electron chi connectivity index (χ3n) is 5.33. The Hall–Kier alpha value is -0.300. The number of rotatable bonds is 4. The van der Waals surface area contributed by atoms with Crippen molar-refractivity contribution in [1.82, 2.24) is 0 Å². The third kappa shape index (κ3) is 3.61. The zero-order valence-electron chi connectivity index (χ0n) is 15.1. The maximum atomic E-state index is 2.50. The third-order valence-corrected chi connectivity index (χ3v) is 5.33. The summed E-state index contributed by atoms with van der Waals surface area (Å²) in [7, 11) is 0. The first-order valence-electron chi connectivity index (χ1n) is 7.91. The van der Waals surface area contributed by atoms with E-state index in [2.05, 4.69) is 45.0 Å². The normalized spacial score (nSPS) is 14.7. The number of hydrogen-bond donors (Lipinski definition) is 0. The molecule has 0 spiro atoms. The summed E-state index contributed by atoms with van der Waals surface area (Å²) in [6, 6.07) is 9.62. The summed E-state index contributed by atoms with van der Waals surface area (Å²) >= 11 is 0. The maximum absolute atomic E-state index is 2.50. The summed E-state index contributed by atoms with van der Waals surface area (Å²) < 4.78 is 0. The van der Waals surface area contributed by atoms with Crippen LogP contribution in [0.5, 0.6) is 0 Å². The SMILES string of the molecule is CCC[c-]1ccc2cc3c(cc21)CC(CC)(CC)C3.[CH3-].[CH3-].[Hf]. The molecule has 1 aliphatic carbocycles. The number of aryl methyl sites for hydroxylation is 1. The van der Waals surface area contributed by atoms with Gasteiger partial charge in [-0.05, 0) is 31.1 Å². The molecule has 3 rings (SSSR count). The van der Waals surface area contributed by atoms with E-state index in [9.17, 15) is 0 Å². The smallest absolute Gasteiger partial charge is 0 e. The predicted molar refractivity (Wildman–Crippen MR) is 96.8 cm³/mol. The van der Waals surface area contributed by atoms with Crippen molar-refractivity contribution < 1.29 is 25.8 Å². The van der Waals surface area contributed by atoms with E-state index in [1.807, 2.05) is 0 Å². The molecule has 0 nitrogen and oxygen atoms in total. The minimum atomic E-state index is 0. The maximum Gasteiger partial charge on any atom is 0 e. The Morgan fingerprint density at radius 1 is 1.00 bits per heavy atom. The van der Waals surface area contributed by atoms with Crippen LogP contribution >= 0.6 is 0 Å². The van der Waals surface area contributed by atoms with Gasteiger partial charge in [0.2, 0.25) is 0 Å². The summed E-state index contributed by atoms with van der Waals surface area (Å²) in [5, 5.41) is 2.98. The molecule has 1 aliphatic rings. The molecule has 0 bridgehead atoms. The fourth-order valence-electron chi connectivity index (χ4n) is 3.84. The fourth-order valence-corrected chi connectivity index (χ4v) is 3.84. The van der Waals surface area contributed by atoms with E-state index in [0.29, 0.717) is 5.41 Å². The van der Waals surface area contributed by atoms with Gasteiger partial charge in [0.15, 0.2) is 0 Å². The van der Waals surface area contributed by atoms with Crippen LogP contribution in [0.3, 0.4) is 0 Å². The summed E-state index contributed by atoms with van der Waals surface area (Å²) in [6.45, 7) is 6.99. The molecule has 0 N–H and O–H groups in total. The topological polar surface area (TPSA) is 0 Å². The van der Waals surface area contributed by atoms with Gasteiger partial charge in [0.05, 0.1) is 0 Å².